The highest BCUT2D eigenvalue weighted by Crippen LogP contribution is 2.23. The van der Waals surface area contributed by atoms with Crippen molar-refractivity contribution in [3.8, 4) is 0 Å². The molecular formula is C21H25FN2OS. The summed E-state index contributed by atoms with van der Waals surface area (Å²) in [6, 6.07) is 7.56. The fourth-order valence-electron chi connectivity index (χ4n) is 2.71. The highest BCUT2D eigenvalue weighted by atomic mass is 32.1. The lowest BCUT2D eigenvalue weighted by molar-refractivity contribution is -0.107. The van der Waals surface area contributed by atoms with E-state index in [1.54, 1.807) is 6.08 Å². The summed E-state index contributed by atoms with van der Waals surface area (Å²) in [5.41, 5.74) is 8.58. The van der Waals surface area contributed by atoms with E-state index >= 15 is 0 Å². The summed E-state index contributed by atoms with van der Waals surface area (Å²) in [5.74, 6) is -0.217. The van der Waals surface area contributed by atoms with Gasteiger partial charge in [-0.15, -0.1) is 12.6 Å². The van der Waals surface area contributed by atoms with Gasteiger partial charge in [0.1, 0.15) is 12.1 Å². The minimum absolute atomic E-state index is 0.00112. The number of aldehydes is 1. The van der Waals surface area contributed by atoms with Gasteiger partial charge in [0.05, 0.1) is 5.69 Å². The van der Waals surface area contributed by atoms with E-state index in [2.05, 4.69) is 12.6 Å². The molecule has 0 amide bonds. The zero-order valence-corrected chi connectivity index (χ0v) is 15.7. The van der Waals surface area contributed by atoms with Gasteiger partial charge in [0, 0.05) is 28.6 Å². The van der Waals surface area contributed by atoms with Crippen molar-refractivity contribution in [2.45, 2.75) is 43.4 Å². The number of nitrogens with two attached hydrogens (primary N) is 1. The van der Waals surface area contributed by atoms with Crippen molar-refractivity contribution in [1.82, 2.24) is 0 Å². The molecule has 1 aliphatic carbocycles. The second-order valence-corrected chi connectivity index (χ2v) is 6.85. The number of rotatable bonds is 9. The first-order chi connectivity index (χ1) is 12.6. The fourth-order valence-corrected chi connectivity index (χ4v) is 2.86. The molecular weight excluding hydrogens is 347 g/mol. The largest absolute Gasteiger partial charge is 0.402 e. The Kier molecular flexibility index (Phi) is 8.35. The zero-order valence-electron chi connectivity index (χ0n) is 14.8. The predicted octanol–water partition coefficient (Wildman–Crippen LogP) is 5.47. The predicted molar refractivity (Wildman–Crippen MR) is 109 cm³/mol. The SMILES string of the molecule is N/C(=C\C(=Nc1ccc(S)cc1)C1C=CC(F)=CC1)CCCCCC=O. The molecule has 2 N–H and O–H groups in total. The van der Waals surface area contributed by atoms with Crippen molar-refractivity contribution in [3.63, 3.8) is 0 Å². The molecule has 0 radical (unpaired) electrons. The molecule has 2 rings (SSSR count). The van der Waals surface area contributed by atoms with Crippen LogP contribution in [0.2, 0.25) is 0 Å². The van der Waals surface area contributed by atoms with E-state index in [4.69, 9.17) is 10.7 Å². The van der Waals surface area contributed by atoms with Gasteiger partial charge in [0.15, 0.2) is 0 Å². The maximum Gasteiger partial charge on any atom is 0.119 e. The maximum absolute atomic E-state index is 13.3. The first-order valence-electron chi connectivity index (χ1n) is 8.89. The van der Waals surface area contributed by atoms with Crippen LogP contribution in [-0.2, 0) is 4.79 Å². The molecule has 0 heterocycles. The maximum atomic E-state index is 13.3. The second-order valence-electron chi connectivity index (χ2n) is 6.33. The number of hydrogen-bond acceptors (Lipinski definition) is 4. The third kappa shape index (κ3) is 7.00. The van der Waals surface area contributed by atoms with Gasteiger partial charge in [0.2, 0.25) is 0 Å². The lowest BCUT2D eigenvalue weighted by Crippen LogP contribution is -2.13. The number of aliphatic imine (C=N–C) groups is 1. The number of benzene rings is 1. The third-order valence-corrected chi connectivity index (χ3v) is 4.46. The van der Waals surface area contributed by atoms with Crippen molar-refractivity contribution >= 4 is 30.3 Å². The number of allylic oxidation sites excluding steroid dienone is 6. The molecule has 1 atom stereocenters. The Hall–Kier alpha value is -2.14. The normalized spacial score (nSPS) is 17.9. The Morgan fingerprint density at radius 3 is 2.69 bits per heavy atom. The molecule has 0 saturated heterocycles. The molecule has 0 bridgehead atoms. The quantitative estimate of drug-likeness (QED) is 0.261. The fraction of sp³-hybridized carbons (Fsp3) is 0.333. The van der Waals surface area contributed by atoms with Crippen LogP contribution in [0.15, 0.2) is 70.0 Å². The molecule has 0 aromatic heterocycles. The average Bonchev–Trinajstić information content (AvgIpc) is 2.63. The van der Waals surface area contributed by atoms with Crippen molar-refractivity contribution < 1.29 is 9.18 Å². The Bertz CT molecular complexity index is 720. The first-order valence-corrected chi connectivity index (χ1v) is 9.34. The molecule has 0 spiro atoms. The number of unbranched alkanes of at least 4 members (excludes halogenated alkanes) is 3. The van der Waals surface area contributed by atoms with Gasteiger partial charge in [-0.05, 0) is 68.2 Å². The van der Waals surface area contributed by atoms with Crippen LogP contribution in [0.3, 0.4) is 0 Å². The van der Waals surface area contributed by atoms with Crippen molar-refractivity contribution in [1.29, 1.82) is 0 Å². The van der Waals surface area contributed by atoms with E-state index in [0.29, 0.717) is 12.8 Å². The van der Waals surface area contributed by atoms with Gasteiger partial charge in [-0.3, -0.25) is 4.99 Å². The van der Waals surface area contributed by atoms with Crippen LogP contribution in [0.1, 0.15) is 38.5 Å². The van der Waals surface area contributed by atoms with Crippen LogP contribution in [-0.4, -0.2) is 12.0 Å². The lowest BCUT2D eigenvalue weighted by Gasteiger charge is -2.15. The van der Waals surface area contributed by atoms with Crippen molar-refractivity contribution in [2.75, 3.05) is 0 Å². The third-order valence-electron chi connectivity index (χ3n) is 4.16. The number of nitrogens with zero attached hydrogens (tertiary/aromatic N) is 1. The summed E-state index contributed by atoms with van der Waals surface area (Å²) in [6.45, 7) is 0. The molecule has 26 heavy (non-hydrogen) atoms. The minimum Gasteiger partial charge on any atom is -0.402 e. The molecule has 0 saturated carbocycles. The van der Waals surface area contributed by atoms with Crippen molar-refractivity contribution in [3.05, 3.63) is 60.1 Å². The molecule has 1 aliphatic rings. The van der Waals surface area contributed by atoms with Crippen LogP contribution in [0, 0.1) is 5.92 Å². The molecule has 1 unspecified atom stereocenters. The lowest BCUT2D eigenvalue weighted by atomic mass is 9.93. The summed E-state index contributed by atoms with van der Waals surface area (Å²) < 4.78 is 13.3. The monoisotopic (exact) mass is 372 g/mol. The van der Waals surface area contributed by atoms with E-state index < -0.39 is 0 Å². The minimum atomic E-state index is -0.216. The molecule has 5 heteroatoms. The second kappa shape index (κ2) is 10.8. The van der Waals surface area contributed by atoms with Gasteiger partial charge in [-0.2, -0.15) is 0 Å². The van der Waals surface area contributed by atoms with Gasteiger partial charge in [0.25, 0.3) is 0 Å². The Balaban J connectivity index is 2.12. The van der Waals surface area contributed by atoms with Crippen molar-refractivity contribution in [2.24, 2.45) is 16.6 Å². The molecule has 1 aromatic rings. The molecule has 3 nitrogen and oxygen atoms in total. The highest BCUT2D eigenvalue weighted by Gasteiger charge is 2.14. The number of thiol groups is 1. The average molecular weight is 373 g/mol. The van der Waals surface area contributed by atoms with E-state index in [-0.39, 0.29) is 11.7 Å². The number of carbonyl (C=O) groups excluding carboxylic acids is 1. The Morgan fingerprint density at radius 1 is 1.27 bits per heavy atom. The van der Waals surface area contributed by atoms with E-state index in [0.717, 1.165) is 54.0 Å². The topological polar surface area (TPSA) is 55.4 Å². The number of hydrogen-bond donors (Lipinski definition) is 2. The molecule has 1 aromatic carbocycles. The van der Waals surface area contributed by atoms with Crippen LogP contribution in [0.5, 0.6) is 0 Å². The smallest absolute Gasteiger partial charge is 0.119 e. The number of halogens is 1. The van der Waals surface area contributed by atoms with Gasteiger partial charge >= 0.3 is 0 Å². The van der Waals surface area contributed by atoms with Gasteiger partial charge < -0.3 is 10.5 Å². The highest BCUT2D eigenvalue weighted by molar-refractivity contribution is 7.80. The van der Waals surface area contributed by atoms with Crippen LogP contribution in [0.25, 0.3) is 0 Å². The van der Waals surface area contributed by atoms with Crippen LogP contribution in [0.4, 0.5) is 10.1 Å². The van der Waals surface area contributed by atoms with E-state index in [1.807, 2.05) is 36.4 Å². The van der Waals surface area contributed by atoms with Gasteiger partial charge in [-0.1, -0.05) is 12.5 Å². The summed E-state index contributed by atoms with van der Waals surface area (Å²) in [4.78, 5) is 15.9. The van der Waals surface area contributed by atoms with E-state index in [9.17, 15) is 9.18 Å². The summed E-state index contributed by atoms with van der Waals surface area (Å²) >= 11 is 4.29. The molecule has 138 valence electrons. The Labute approximate surface area is 160 Å². The first kappa shape index (κ1) is 20.2. The summed E-state index contributed by atoms with van der Waals surface area (Å²) in [5, 5.41) is 0. The molecule has 0 fully saturated rings. The standard InChI is InChI=1S/C21H25FN2OS/c22-17-8-6-16(7-9-17)21(24-19-10-12-20(26)13-11-19)15-18(23)5-3-1-2-4-14-25/h6,8-16,26H,1-5,7,23H2/b18-15-,24-21?. The number of carbonyl (C=O) groups is 1. The summed E-state index contributed by atoms with van der Waals surface area (Å²) in [7, 11) is 0. The zero-order chi connectivity index (χ0) is 18.8. The van der Waals surface area contributed by atoms with Crippen LogP contribution >= 0.6 is 12.6 Å². The van der Waals surface area contributed by atoms with Gasteiger partial charge in [-0.25, -0.2) is 4.39 Å². The van der Waals surface area contributed by atoms with E-state index in [1.165, 1.54) is 6.08 Å². The molecule has 0 aliphatic heterocycles. The van der Waals surface area contributed by atoms with Crippen LogP contribution < -0.4 is 5.73 Å². The Morgan fingerprint density at radius 2 is 2.04 bits per heavy atom. The summed E-state index contributed by atoms with van der Waals surface area (Å²) in [6.07, 6.45) is 12.4.